The molecule has 0 saturated heterocycles. The summed E-state index contributed by atoms with van der Waals surface area (Å²) in [6.45, 7) is 4.00. The molecule has 0 aliphatic rings. The van der Waals surface area contributed by atoms with Crippen molar-refractivity contribution in [2.24, 2.45) is 0 Å². The van der Waals surface area contributed by atoms with Gasteiger partial charge in [-0.15, -0.1) is 0 Å². The largest absolute Gasteiger partial charge is 0.504 e. The number of phenolic OH excluding ortho intramolecular Hbond substituents is 1. The Balaban J connectivity index is 1.88. The van der Waals surface area contributed by atoms with Gasteiger partial charge in [-0.05, 0) is 49.8 Å². The highest BCUT2D eigenvalue weighted by molar-refractivity contribution is 6.09. The lowest BCUT2D eigenvalue weighted by atomic mass is 10.1. The van der Waals surface area contributed by atoms with E-state index >= 15 is 0 Å². The van der Waals surface area contributed by atoms with E-state index in [1.165, 1.54) is 12.1 Å². The summed E-state index contributed by atoms with van der Waals surface area (Å²) in [5.41, 5.74) is 1.99. The Morgan fingerprint density at radius 3 is 2.72 bits per heavy atom. The van der Waals surface area contributed by atoms with Crippen LogP contribution in [0.3, 0.4) is 0 Å². The summed E-state index contributed by atoms with van der Waals surface area (Å²) in [6.07, 6.45) is 1.44. The van der Waals surface area contributed by atoms with Crippen molar-refractivity contribution in [1.82, 2.24) is 9.78 Å². The van der Waals surface area contributed by atoms with Crippen LogP contribution in [0.25, 0.3) is 11.8 Å². The predicted octanol–water partition coefficient (Wildman–Crippen LogP) is 3.83. The molecule has 7 heteroatoms. The third-order valence-electron chi connectivity index (χ3n) is 4.03. The highest BCUT2D eigenvalue weighted by Gasteiger charge is 2.15. The third kappa shape index (κ3) is 4.62. The van der Waals surface area contributed by atoms with E-state index in [-0.39, 0.29) is 17.1 Å². The van der Waals surface area contributed by atoms with Crippen LogP contribution < -0.4 is 10.1 Å². The van der Waals surface area contributed by atoms with E-state index in [1.807, 2.05) is 43.3 Å². The van der Waals surface area contributed by atoms with Gasteiger partial charge >= 0.3 is 0 Å². The first-order valence-electron chi connectivity index (χ1n) is 9.03. The molecule has 1 heterocycles. The monoisotopic (exact) mass is 388 g/mol. The van der Waals surface area contributed by atoms with Crippen LogP contribution in [0.2, 0.25) is 0 Å². The second-order valence-corrected chi connectivity index (χ2v) is 6.20. The Hall–Kier alpha value is -4.05. The number of aromatic nitrogens is 2. The Kier molecular flexibility index (Phi) is 5.95. The molecule has 7 nitrogen and oxygen atoms in total. The van der Waals surface area contributed by atoms with Gasteiger partial charge in [0.05, 0.1) is 18.0 Å². The molecule has 0 atom stereocenters. The molecule has 3 rings (SSSR count). The lowest BCUT2D eigenvalue weighted by Gasteiger charge is -2.09. The van der Waals surface area contributed by atoms with Crippen LogP contribution in [0.4, 0.5) is 5.82 Å². The number of nitrogens with zero attached hydrogens (tertiary/aromatic N) is 3. The fourth-order valence-corrected chi connectivity index (χ4v) is 2.75. The fourth-order valence-electron chi connectivity index (χ4n) is 2.75. The first-order chi connectivity index (χ1) is 14.0. The van der Waals surface area contributed by atoms with E-state index in [0.717, 1.165) is 11.4 Å². The van der Waals surface area contributed by atoms with Crippen LogP contribution in [0.15, 0.2) is 60.2 Å². The quantitative estimate of drug-likeness (QED) is 0.494. The third-order valence-corrected chi connectivity index (χ3v) is 4.03. The van der Waals surface area contributed by atoms with Crippen molar-refractivity contribution in [3.8, 4) is 23.3 Å². The van der Waals surface area contributed by atoms with Crippen LogP contribution in [0, 0.1) is 18.3 Å². The Bertz CT molecular complexity index is 1090. The van der Waals surface area contributed by atoms with Crippen LogP contribution in [-0.2, 0) is 4.79 Å². The normalized spacial score (nSPS) is 11.0. The fraction of sp³-hybridized carbons (Fsp3) is 0.136. The second kappa shape index (κ2) is 8.76. The average molecular weight is 388 g/mol. The van der Waals surface area contributed by atoms with Crippen molar-refractivity contribution >= 4 is 17.8 Å². The topological polar surface area (TPSA) is 100 Å². The van der Waals surface area contributed by atoms with E-state index in [0.29, 0.717) is 18.0 Å². The van der Waals surface area contributed by atoms with Crippen molar-refractivity contribution < 1.29 is 14.6 Å². The number of nitriles is 1. The molecule has 0 spiro atoms. The van der Waals surface area contributed by atoms with Crippen molar-refractivity contribution in [2.45, 2.75) is 13.8 Å². The molecular formula is C22H20N4O3. The number of benzene rings is 2. The van der Waals surface area contributed by atoms with Gasteiger partial charge in [-0.3, -0.25) is 4.79 Å². The van der Waals surface area contributed by atoms with E-state index in [2.05, 4.69) is 10.4 Å². The lowest BCUT2D eigenvalue weighted by molar-refractivity contribution is -0.112. The van der Waals surface area contributed by atoms with Crippen LogP contribution in [0.5, 0.6) is 11.5 Å². The zero-order valence-electron chi connectivity index (χ0n) is 16.1. The van der Waals surface area contributed by atoms with Gasteiger partial charge in [0.1, 0.15) is 17.5 Å². The number of ether oxygens (including phenoxy) is 1. The minimum atomic E-state index is -0.560. The number of aryl methyl sites for hydroxylation is 1. The van der Waals surface area contributed by atoms with Gasteiger partial charge in [0.2, 0.25) is 0 Å². The Morgan fingerprint density at radius 1 is 1.28 bits per heavy atom. The molecule has 3 aromatic rings. The number of hydrogen-bond acceptors (Lipinski definition) is 5. The smallest absolute Gasteiger partial charge is 0.267 e. The molecule has 146 valence electrons. The van der Waals surface area contributed by atoms with E-state index in [9.17, 15) is 15.2 Å². The second-order valence-electron chi connectivity index (χ2n) is 6.20. The maximum Gasteiger partial charge on any atom is 0.267 e. The first-order valence-corrected chi connectivity index (χ1v) is 9.03. The number of anilines is 1. The van der Waals surface area contributed by atoms with Crippen molar-refractivity contribution in [3.63, 3.8) is 0 Å². The first kappa shape index (κ1) is 19.7. The van der Waals surface area contributed by atoms with Crippen LogP contribution >= 0.6 is 0 Å². The number of hydrogen-bond donors (Lipinski definition) is 2. The van der Waals surface area contributed by atoms with Crippen LogP contribution in [0.1, 0.15) is 18.2 Å². The lowest BCUT2D eigenvalue weighted by Crippen LogP contribution is -2.16. The molecule has 29 heavy (non-hydrogen) atoms. The van der Waals surface area contributed by atoms with Gasteiger partial charge < -0.3 is 15.2 Å². The number of carbonyl (C=O) groups excluding carboxylic acids is 1. The molecule has 0 radical (unpaired) electrons. The minimum absolute atomic E-state index is 0.00537. The zero-order valence-corrected chi connectivity index (χ0v) is 16.1. The van der Waals surface area contributed by atoms with E-state index in [1.54, 1.807) is 29.8 Å². The molecular weight excluding hydrogens is 368 g/mol. The number of amides is 1. The average Bonchev–Trinajstić information content (AvgIpc) is 3.09. The van der Waals surface area contributed by atoms with Gasteiger partial charge in [0.25, 0.3) is 5.91 Å². The summed E-state index contributed by atoms with van der Waals surface area (Å²) < 4.78 is 6.95. The van der Waals surface area contributed by atoms with Gasteiger partial charge in [0.15, 0.2) is 11.5 Å². The minimum Gasteiger partial charge on any atom is -0.504 e. The summed E-state index contributed by atoms with van der Waals surface area (Å²) in [6, 6.07) is 17.7. The standard InChI is InChI=1S/C22H20N4O3/c1-3-29-20-13-16(9-10-19(20)27)12-17(14-23)22(28)24-21-11-15(2)25-26(21)18-7-5-4-6-8-18/h4-13,27H,3H2,1-2H3,(H,24,28)/b17-12+. The summed E-state index contributed by atoms with van der Waals surface area (Å²) in [5.74, 6) is 0.183. The molecule has 0 aliphatic heterocycles. The number of rotatable bonds is 6. The van der Waals surface area contributed by atoms with Crippen LogP contribution in [-0.4, -0.2) is 27.4 Å². The van der Waals surface area contributed by atoms with Crippen molar-refractivity contribution in [1.29, 1.82) is 5.26 Å². The summed E-state index contributed by atoms with van der Waals surface area (Å²) >= 11 is 0. The highest BCUT2D eigenvalue weighted by atomic mass is 16.5. The number of phenols is 1. The molecule has 0 saturated carbocycles. The van der Waals surface area contributed by atoms with Gasteiger partial charge in [-0.25, -0.2) is 4.68 Å². The summed E-state index contributed by atoms with van der Waals surface area (Å²) in [7, 11) is 0. The molecule has 0 aliphatic carbocycles. The maximum atomic E-state index is 12.7. The summed E-state index contributed by atoms with van der Waals surface area (Å²) in [4.78, 5) is 12.7. The van der Waals surface area contributed by atoms with Gasteiger partial charge in [-0.2, -0.15) is 10.4 Å². The molecule has 1 amide bonds. The predicted molar refractivity (Wildman–Crippen MR) is 110 cm³/mol. The molecule has 2 N–H and O–H groups in total. The Morgan fingerprint density at radius 2 is 2.03 bits per heavy atom. The molecule has 1 aromatic heterocycles. The SMILES string of the molecule is CCOc1cc(/C=C(\C#N)C(=O)Nc2cc(C)nn2-c2ccccc2)ccc1O. The number of aromatic hydroxyl groups is 1. The zero-order chi connectivity index (χ0) is 20.8. The molecule has 0 fully saturated rings. The van der Waals surface area contributed by atoms with E-state index < -0.39 is 5.91 Å². The maximum absolute atomic E-state index is 12.7. The van der Waals surface area contributed by atoms with Crippen molar-refractivity contribution in [2.75, 3.05) is 11.9 Å². The number of para-hydroxylation sites is 1. The molecule has 2 aromatic carbocycles. The number of carbonyl (C=O) groups is 1. The summed E-state index contributed by atoms with van der Waals surface area (Å²) in [5, 5.41) is 26.4. The molecule has 0 unspecified atom stereocenters. The Labute approximate surface area is 168 Å². The van der Waals surface area contributed by atoms with Crippen molar-refractivity contribution in [3.05, 3.63) is 71.4 Å². The molecule has 0 bridgehead atoms. The van der Waals surface area contributed by atoms with E-state index in [4.69, 9.17) is 4.74 Å². The van der Waals surface area contributed by atoms with Gasteiger partial charge in [-0.1, -0.05) is 24.3 Å². The highest BCUT2D eigenvalue weighted by Crippen LogP contribution is 2.28. The number of nitrogens with one attached hydrogen (secondary N) is 1. The van der Waals surface area contributed by atoms with Gasteiger partial charge in [0, 0.05) is 6.07 Å².